The molecule has 0 unspecified atom stereocenters. The van der Waals surface area contributed by atoms with E-state index in [-0.39, 0.29) is 43.4 Å². The van der Waals surface area contributed by atoms with Crippen molar-refractivity contribution in [2.75, 3.05) is 30.9 Å². The molecule has 1 heterocycles. The van der Waals surface area contributed by atoms with Crippen LogP contribution in [0.5, 0.6) is 0 Å². The van der Waals surface area contributed by atoms with Gasteiger partial charge in [-0.25, -0.2) is 4.79 Å². The molecule has 32 heavy (non-hydrogen) atoms. The summed E-state index contributed by atoms with van der Waals surface area (Å²) >= 11 is 0. The molecule has 0 saturated carbocycles. The van der Waals surface area contributed by atoms with E-state index in [2.05, 4.69) is 4.98 Å². The van der Waals surface area contributed by atoms with Crippen molar-refractivity contribution in [3.8, 4) is 0 Å². The molecule has 0 aliphatic rings. The van der Waals surface area contributed by atoms with Crippen LogP contribution < -0.4 is 21.9 Å². The lowest BCUT2D eigenvalue weighted by Crippen LogP contribution is -2.39. The van der Waals surface area contributed by atoms with E-state index in [1.54, 1.807) is 24.0 Å². The van der Waals surface area contributed by atoms with Gasteiger partial charge < -0.3 is 15.4 Å². The fraction of sp³-hybridized carbons (Fsp3) is 0.273. The normalized spacial score (nSPS) is 10.8. The summed E-state index contributed by atoms with van der Waals surface area (Å²) in [6.07, 6.45) is 0. The van der Waals surface area contributed by atoms with Crippen LogP contribution >= 0.6 is 0 Å². The van der Waals surface area contributed by atoms with Crippen LogP contribution in [-0.4, -0.2) is 34.7 Å². The monoisotopic (exact) mass is 439 g/mol. The Kier molecular flexibility index (Phi) is 7.06. The Morgan fingerprint density at radius 1 is 1.16 bits per heavy atom. The van der Waals surface area contributed by atoms with Gasteiger partial charge in [-0.2, -0.15) is 0 Å². The first-order valence-electron chi connectivity index (χ1n) is 9.96. The van der Waals surface area contributed by atoms with Crippen LogP contribution in [0.15, 0.2) is 58.1 Å². The quantitative estimate of drug-likeness (QED) is 0.384. The van der Waals surface area contributed by atoms with Gasteiger partial charge in [0.15, 0.2) is 0 Å². The maximum Gasteiger partial charge on any atom is 0.330 e. The highest BCUT2D eigenvalue weighted by atomic mass is 16.6. The number of nitrogens with zero attached hydrogens (tertiary/aromatic N) is 3. The second-order valence-electron chi connectivity index (χ2n) is 7.30. The van der Waals surface area contributed by atoms with Crippen molar-refractivity contribution in [2.45, 2.75) is 20.0 Å². The topological polar surface area (TPSA) is 136 Å². The third-order valence-corrected chi connectivity index (χ3v) is 5.25. The zero-order chi connectivity index (χ0) is 23.3. The maximum absolute atomic E-state index is 12.8. The number of aromatic nitrogens is 2. The molecule has 1 aromatic heterocycles. The van der Waals surface area contributed by atoms with Gasteiger partial charge in [-0.15, -0.1) is 0 Å². The molecular weight excluding hydrogens is 414 g/mol. The lowest BCUT2D eigenvalue weighted by Gasteiger charge is -2.26. The van der Waals surface area contributed by atoms with Crippen molar-refractivity contribution in [3.05, 3.63) is 96.2 Å². The fourth-order valence-electron chi connectivity index (χ4n) is 3.52. The molecule has 3 rings (SSSR count). The third-order valence-electron chi connectivity index (χ3n) is 5.25. The number of benzene rings is 2. The Morgan fingerprint density at radius 3 is 2.53 bits per heavy atom. The molecule has 2 aromatic carbocycles. The van der Waals surface area contributed by atoms with Crippen LogP contribution in [0.2, 0.25) is 0 Å². The van der Waals surface area contributed by atoms with E-state index in [4.69, 9.17) is 10.5 Å². The summed E-state index contributed by atoms with van der Waals surface area (Å²) < 4.78 is 6.48. The van der Waals surface area contributed by atoms with Gasteiger partial charge in [0.05, 0.1) is 18.1 Å². The molecule has 3 aromatic rings. The molecule has 168 valence electrons. The van der Waals surface area contributed by atoms with E-state index >= 15 is 0 Å². The molecule has 0 spiro atoms. The van der Waals surface area contributed by atoms with E-state index in [1.807, 2.05) is 30.3 Å². The minimum atomic E-state index is -0.629. The molecule has 0 aliphatic carbocycles. The number of hydrogen-bond acceptors (Lipinski definition) is 7. The largest absolute Gasteiger partial charge is 0.383 e. The van der Waals surface area contributed by atoms with Crippen molar-refractivity contribution in [2.24, 2.45) is 0 Å². The summed E-state index contributed by atoms with van der Waals surface area (Å²) in [5, 5.41) is 11.3. The van der Waals surface area contributed by atoms with Crippen LogP contribution in [0.3, 0.4) is 0 Å². The Balaban J connectivity index is 2.07. The molecule has 10 heteroatoms. The van der Waals surface area contributed by atoms with E-state index in [1.165, 1.54) is 17.7 Å². The fourth-order valence-corrected chi connectivity index (χ4v) is 3.52. The van der Waals surface area contributed by atoms with Crippen LogP contribution in [-0.2, 0) is 17.8 Å². The van der Waals surface area contributed by atoms with E-state index in [9.17, 15) is 19.7 Å². The minimum Gasteiger partial charge on any atom is -0.383 e. The lowest BCUT2D eigenvalue weighted by molar-refractivity contribution is -0.385. The van der Waals surface area contributed by atoms with Crippen molar-refractivity contribution in [3.63, 3.8) is 0 Å². The number of aromatic amines is 1. The summed E-state index contributed by atoms with van der Waals surface area (Å²) in [4.78, 5) is 40.2. The number of nitrogen functional groups attached to an aromatic ring is 1. The average Bonchev–Trinajstić information content (AvgIpc) is 2.76. The van der Waals surface area contributed by atoms with Crippen LogP contribution in [0.4, 0.5) is 17.2 Å². The number of nitrogens with two attached hydrogens (primary N) is 1. The standard InChI is InChI=1S/C22H25N5O5/c1-15-17(9-6-10-18(15)27(30)31)14-25(11-12-32-2)19-20(23)26(22(29)24-21(19)28)13-16-7-4-3-5-8-16/h3-10H,11-14,23H2,1-2H3,(H,24,28,29). The summed E-state index contributed by atoms with van der Waals surface area (Å²) in [5.41, 5.74) is 7.19. The zero-order valence-electron chi connectivity index (χ0n) is 17.9. The van der Waals surface area contributed by atoms with Gasteiger partial charge in [0.1, 0.15) is 11.5 Å². The third kappa shape index (κ3) is 4.86. The molecule has 0 fully saturated rings. The summed E-state index contributed by atoms with van der Waals surface area (Å²) in [5.74, 6) is 0.0155. The Hall–Kier alpha value is -3.92. The number of hydrogen-bond donors (Lipinski definition) is 2. The number of H-pyrrole nitrogens is 1. The molecule has 0 bridgehead atoms. The van der Waals surface area contributed by atoms with Crippen LogP contribution in [0.25, 0.3) is 0 Å². The van der Waals surface area contributed by atoms with Crippen molar-refractivity contribution in [1.29, 1.82) is 0 Å². The van der Waals surface area contributed by atoms with E-state index in [0.29, 0.717) is 11.1 Å². The second kappa shape index (κ2) is 9.92. The van der Waals surface area contributed by atoms with E-state index in [0.717, 1.165) is 5.56 Å². The highest BCUT2D eigenvalue weighted by Crippen LogP contribution is 2.25. The summed E-state index contributed by atoms with van der Waals surface area (Å²) in [6, 6.07) is 14.0. The Morgan fingerprint density at radius 2 is 1.88 bits per heavy atom. The van der Waals surface area contributed by atoms with Crippen LogP contribution in [0, 0.1) is 17.0 Å². The van der Waals surface area contributed by atoms with Gasteiger partial charge in [-0.3, -0.25) is 24.5 Å². The first kappa shape index (κ1) is 22.8. The number of nitro groups is 1. The first-order valence-corrected chi connectivity index (χ1v) is 9.96. The predicted octanol–water partition coefficient (Wildman–Crippen LogP) is 2.04. The number of nitro benzene ring substituents is 1. The minimum absolute atomic E-state index is 0.00915. The number of nitrogens with one attached hydrogen (secondary N) is 1. The lowest BCUT2D eigenvalue weighted by atomic mass is 10.1. The van der Waals surface area contributed by atoms with Crippen molar-refractivity contribution >= 4 is 17.2 Å². The molecule has 0 atom stereocenters. The smallest absolute Gasteiger partial charge is 0.330 e. The molecule has 0 amide bonds. The molecule has 0 radical (unpaired) electrons. The highest BCUT2D eigenvalue weighted by Gasteiger charge is 2.21. The van der Waals surface area contributed by atoms with Gasteiger partial charge in [0, 0.05) is 31.8 Å². The zero-order valence-corrected chi connectivity index (χ0v) is 17.9. The van der Waals surface area contributed by atoms with Crippen LogP contribution in [0.1, 0.15) is 16.7 Å². The molecule has 0 aliphatic heterocycles. The SMILES string of the molecule is COCCN(Cc1cccc([N+](=O)[O-])c1C)c1c(N)n(Cc2ccccc2)c(=O)[nH]c1=O. The average molecular weight is 439 g/mol. The number of ether oxygens (including phenoxy) is 1. The van der Waals surface area contributed by atoms with Crippen molar-refractivity contribution < 1.29 is 9.66 Å². The predicted molar refractivity (Wildman–Crippen MR) is 122 cm³/mol. The number of anilines is 2. The summed E-state index contributed by atoms with van der Waals surface area (Å²) in [7, 11) is 1.53. The molecule has 3 N–H and O–H groups in total. The molecular formula is C22H25N5O5. The Labute approximate surface area is 184 Å². The summed E-state index contributed by atoms with van der Waals surface area (Å²) in [6.45, 7) is 2.59. The van der Waals surface area contributed by atoms with Gasteiger partial charge in [-0.1, -0.05) is 42.5 Å². The van der Waals surface area contributed by atoms with Crippen molar-refractivity contribution in [1.82, 2.24) is 9.55 Å². The molecule has 10 nitrogen and oxygen atoms in total. The number of rotatable bonds is 9. The molecule has 0 saturated heterocycles. The Bertz CT molecular complexity index is 1220. The van der Waals surface area contributed by atoms with Gasteiger partial charge in [-0.05, 0) is 18.1 Å². The van der Waals surface area contributed by atoms with Gasteiger partial charge >= 0.3 is 5.69 Å². The number of methoxy groups -OCH3 is 1. The van der Waals surface area contributed by atoms with Gasteiger partial charge in [0.2, 0.25) is 0 Å². The van der Waals surface area contributed by atoms with Gasteiger partial charge in [0.25, 0.3) is 11.2 Å². The first-order chi connectivity index (χ1) is 15.3. The highest BCUT2D eigenvalue weighted by molar-refractivity contribution is 5.63. The second-order valence-corrected chi connectivity index (χ2v) is 7.30. The maximum atomic E-state index is 12.8. The van der Waals surface area contributed by atoms with E-state index < -0.39 is 16.2 Å².